The van der Waals surface area contributed by atoms with Gasteiger partial charge in [0, 0.05) is 44.4 Å². The van der Waals surface area contributed by atoms with Gasteiger partial charge in [-0.2, -0.15) is 15.5 Å². The van der Waals surface area contributed by atoms with Crippen molar-refractivity contribution in [3.8, 4) is 17.2 Å². The standard InChI is InChI=1S/C20H21N5/c1-24(2)17-7-5-15(6-8-17)16-13-19-18(9-11-22-23-19)20(14-16)25(3)12-4-10-21/h5-9,11,13-14H,4,12H2,1-3H3. The van der Waals surface area contributed by atoms with Crippen LogP contribution in [0.4, 0.5) is 11.4 Å². The largest absolute Gasteiger partial charge is 0.378 e. The Kier molecular flexibility index (Phi) is 4.80. The van der Waals surface area contributed by atoms with Crippen LogP contribution in [0.1, 0.15) is 6.42 Å². The molecule has 0 amide bonds. The molecule has 0 saturated heterocycles. The molecule has 1 aromatic heterocycles. The van der Waals surface area contributed by atoms with Crippen LogP contribution < -0.4 is 9.80 Å². The fourth-order valence-electron chi connectivity index (χ4n) is 2.85. The van der Waals surface area contributed by atoms with E-state index in [1.54, 1.807) is 6.20 Å². The van der Waals surface area contributed by atoms with Gasteiger partial charge in [0.2, 0.25) is 0 Å². The molecule has 5 heteroatoms. The molecule has 0 aliphatic rings. The molecule has 0 N–H and O–H groups in total. The molecule has 2 aromatic carbocycles. The molecule has 5 nitrogen and oxygen atoms in total. The van der Waals surface area contributed by atoms with Crippen LogP contribution in [0, 0.1) is 11.3 Å². The zero-order valence-corrected chi connectivity index (χ0v) is 14.8. The summed E-state index contributed by atoms with van der Waals surface area (Å²) in [4.78, 5) is 4.18. The first kappa shape index (κ1) is 16.7. The van der Waals surface area contributed by atoms with Crippen LogP contribution in [0.3, 0.4) is 0 Å². The minimum atomic E-state index is 0.484. The Labute approximate surface area is 148 Å². The van der Waals surface area contributed by atoms with Crippen LogP contribution in [0.25, 0.3) is 22.0 Å². The topological polar surface area (TPSA) is 56.0 Å². The lowest BCUT2D eigenvalue weighted by atomic mass is 10.0. The fraction of sp³-hybridized carbons (Fsp3) is 0.250. The third-order valence-corrected chi connectivity index (χ3v) is 4.30. The maximum atomic E-state index is 8.88. The van der Waals surface area contributed by atoms with Crippen molar-refractivity contribution in [2.24, 2.45) is 0 Å². The second-order valence-electron chi connectivity index (χ2n) is 6.23. The molecule has 0 radical (unpaired) electrons. The Hall–Kier alpha value is -3.13. The first-order chi connectivity index (χ1) is 12.1. The summed E-state index contributed by atoms with van der Waals surface area (Å²) in [5.41, 5.74) is 5.31. The average molecular weight is 331 g/mol. The van der Waals surface area contributed by atoms with E-state index in [9.17, 15) is 0 Å². The van der Waals surface area contributed by atoms with Gasteiger partial charge in [0.1, 0.15) is 0 Å². The SMILES string of the molecule is CN(C)c1ccc(-c2cc(N(C)CCC#N)c3ccnnc3c2)cc1. The Bertz CT molecular complexity index is 910. The van der Waals surface area contributed by atoms with Gasteiger partial charge in [-0.05, 0) is 41.5 Å². The van der Waals surface area contributed by atoms with Gasteiger partial charge >= 0.3 is 0 Å². The van der Waals surface area contributed by atoms with Crippen molar-refractivity contribution in [2.75, 3.05) is 37.5 Å². The van der Waals surface area contributed by atoms with Crippen LogP contribution in [-0.4, -0.2) is 37.9 Å². The molecule has 0 bridgehead atoms. The molecule has 1 heterocycles. The van der Waals surface area contributed by atoms with E-state index in [-0.39, 0.29) is 0 Å². The highest BCUT2D eigenvalue weighted by atomic mass is 15.1. The van der Waals surface area contributed by atoms with Crippen LogP contribution in [0.2, 0.25) is 0 Å². The normalized spacial score (nSPS) is 10.5. The summed E-state index contributed by atoms with van der Waals surface area (Å²) in [6, 6.07) is 16.8. The Balaban J connectivity index is 2.08. The Morgan fingerprint density at radius 2 is 1.76 bits per heavy atom. The molecule has 0 aliphatic heterocycles. The van der Waals surface area contributed by atoms with Crippen molar-refractivity contribution in [2.45, 2.75) is 6.42 Å². The summed E-state index contributed by atoms with van der Waals surface area (Å²) in [6.07, 6.45) is 2.19. The number of aromatic nitrogens is 2. The van der Waals surface area contributed by atoms with E-state index in [1.807, 2.05) is 27.2 Å². The maximum Gasteiger partial charge on any atom is 0.0956 e. The predicted molar refractivity (Wildman–Crippen MR) is 103 cm³/mol. The van der Waals surface area contributed by atoms with Crippen molar-refractivity contribution in [3.05, 3.63) is 48.7 Å². The lowest BCUT2D eigenvalue weighted by Gasteiger charge is -2.21. The minimum Gasteiger partial charge on any atom is -0.378 e. The van der Waals surface area contributed by atoms with Crippen molar-refractivity contribution in [1.82, 2.24) is 10.2 Å². The monoisotopic (exact) mass is 331 g/mol. The predicted octanol–water partition coefficient (Wildman–Crippen LogP) is 3.71. The number of benzene rings is 2. The van der Waals surface area contributed by atoms with Crippen molar-refractivity contribution in [1.29, 1.82) is 5.26 Å². The van der Waals surface area contributed by atoms with Crippen molar-refractivity contribution in [3.63, 3.8) is 0 Å². The second kappa shape index (κ2) is 7.18. The van der Waals surface area contributed by atoms with E-state index in [4.69, 9.17) is 5.26 Å². The summed E-state index contributed by atoms with van der Waals surface area (Å²) in [5, 5.41) is 18.2. The molecule has 3 rings (SSSR count). The number of hydrogen-bond acceptors (Lipinski definition) is 5. The first-order valence-electron chi connectivity index (χ1n) is 8.21. The van der Waals surface area contributed by atoms with Gasteiger partial charge in [-0.25, -0.2) is 0 Å². The van der Waals surface area contributed by atoms with Gasteiger partial charge in [-0.1, -0.05) is 12.1 Å². The zero-order chi connectivity index (χ0) is 17.8. The van der Waals surface area contributed by atoms with Crippen LogP contribution >= 0.6 is 0 Å². The van der Waals surface area contributed by atoms with Gasteiger partial charge in [0.05, 0.1) is 24.2 Å². The van der Waals surface area contributed by atoms with Gasteiger partial charge in [0.15, 0.2) is 0 Å². The number of hydrogen-bond donors (Lipinski definition) is 0. The maximum absolute atomic E-state index is 8.88. The summed E-state index contributed by atoms with van der Waals surface area (Å²) < 4.78 is 0. The molecule has 3 aromatic rings. The molecule has 0 unspecified atom stereocenters. The number of nitriles is 1. The highest BCUT2D eigenvalue weighted by Crippen LogP contribution is 2.32. The number of anilines is 2. The number of fused-ring (bicyclic) bond motifs is 1. The van der Waals surface area contributed by atoms with E-state index >= 15 is 0 Å². The van der Waals surface area contributed by atoms with E-state index in [1.165, 1.54) is 0 Å². The van der Waals surface area contributed by atoms with E-state index in [0.29, 0.717) is 13.0 Å². The zero-order valence-electron chi connectivity index (χ0n) is 14.8. The average Bonchev–Trinajstić information content (AvgIpc) is 2.65. The second-order valence-corrected chi connectivity index (χ2v) is 6.23. The summed E-state index contributed by atoms with van der Waals surface area (Å²) in [5.74, 6) is 0. The van der Waals surface area contributed by atoms with Crippen molar-refractivity contribution < 1.29 is 0 Å². The quantitative estimate of drug-likeness (QED) is 0.713. The first-order valence-corrected chi connectivity index (χ1v) is 8.21. The van der Waals surface area contributed by atoms with Gasteiger partial charge < -0.3 is 9.80 Å². The molecule has 25 heavy (non-hydrogen) atoms. The van der Waals surface area contributed by atoms with Gasteiger partial charge in [-0.15, -0.1) is 0 Å². The molecule has 0 atom stereocenters. The van der Waals surface area contributed by atoms with E-state index < -0.39 is 0 Å². The van der Waals surface area contributed by atoms with Crippen molar-refractivity contribution >= 4 is 22.3 Å². The third-order valence-electron chi connectivity index (χ3n) is 4.30. The summed E-state index contributed by atoms with van der Waals surface area (Å²) in [6.45, 7) is 0.678. The van der Waals surface area contributed by atoms with Crippen LogP contribution in [0.15, 0.2) is 48.7 Å². The molecule has 0 fully saturated rings. The minimum absolute atomic E-state index is 0.484. The molecule has 0 aliphatic carbocycles. The molecular formula is C20H21N5. The summed E-state index contributed by atoms with van der Waals surface area (Å²) >= 11 is 0. The molecular weight excluding hydrogens is 310 g/mol. The molecule has 0 saturated carbocycles. The molecule has 0 spiro atoms. The fourth-order valence-corrected chi connectivity index (χ4v) is 2.85. The van der Waals surface area contributed by atoms with E-state index in [2.05, 4.69) is 62.5 Å². The van der Waals surface area contributed by atoms with Gasteiger partial charge in [-0.3, -0.25) is 0 Å². The van der Waals surface area contributed by atoms with E-state index in [0.717, 1.165) is 33.4 Å². The highest BCUT2D eigenvalue weighted by Gasteiger charge is 2.11. The lowest BCUT2D eigenvalue weighted by Crippen LogP contribution is -2.18. The number of nitrogens with zero attached hydrogens (tertiary/aromatic N) is 5. The van der Waals surface area contributed by atoms with Gasteiger partial charge in [0.25, 0.3) is 0 Å². The Morgan fingerprint density at radius 1 is 1.00 bits per heavy atom. The van der Waals surface area contributed by atoms with Crippen LogP contribution in [0.5, 0.6) is 0 Å². The van der Waals surface area contributed by atoms with Crippen LogP contribution in [-0.2, 0) is 0 Å². The lowest BCUT2D eigenvalue weighted by molar-refractivity contribution is 0.909. The smallest absolute Gasteiger partial charge is 0.0956 e. The Morgan fingerprint density at radius 3 is 2.44 bits per heavy atom. The summed E-state index contributed by atoms with van der Waals surface area (Å²) in [7, 11) is 6.07. The highest BCUT2D eigenvalue weighted by molar-refractivity contribution is 5.95. The third kappa shape index (κ3) is 3.53. The molecule has 126 valence electrons. The number of rotatable bonds is 5.